The highest BCUT2D eigenvalue weighted by atomic mass is 15.1. The third-order valence-corrected chi connectivity index (χ3v) is 4.15. The molecular weight excluding hydrogens is 220 g/mol. The monoisotopic (exact) mass is 246 g/mol. The van der Waals surface area contributed by atoms with Crippen LogP contribution in [0.4, 0.5) is 5.69 Å². The molecule has 2 heteroatoms. The lowest BCUT2D eigenvalue weighted by Crippen LogP contribution is -2.40. The first-order valence-electron chi connectivity index (χ1n) is 7.23. The van der Waals surface area contributed by atoms with Crippen molar-refractivity contribution in [3.8, 4) is 0 Å². The molecule has 0 radical (unpaired) electrons. The van der Waals surface area contributed by atoms with Gasteiger partial charge in [-0.1, -0.05) is 25.1 Å². The molecule has 2 nitrogen and oxygen atoms in total. The van der Waals surface area contributed by atoms with Gasteiger partial charge in [0.25, 0.3) is 0 Å². The van der Waals surface area contributed by atoms with Crippen molar-refractivity contribution < 1.29 is 0 Å². The molecule has 0 spiro atoms. The van der Waals surface area contributed by atoms with Crippen molar-refractivity contribution in [3.05, 3.63) is 29.8 Å². The number of benzene rings is 1. The second-order valence-corrected chi connectivity index (χ2v) is 5.61. The number of hydrogen-bond acceptors (Lipinski definition) is 2. The van der Waals surface area contributed by atoms with Crippen molar-refractivity contribution in [2.75, 3.05) is 25.5 Å². The fourth-order valence-electron chi connectivity index (χ4n) is 2.95. The molecule has 0 saturated carbocycles. The van der Waals surface area contributed by atoms with Gasteiger partial charge in [-0.25, -0.2) is 0 Å². The van der Waals surface area contributed by atoms with Crippen molar-refractivity contribution in [1.29, 1.82) is 0 Å². The van der Waals surface area contributed by atoms with Gasteiger partial charge >= 0.3 is 0 Å². The smallest absolute Gasteiger partial charge is 0.0374 e. The van der Waals surface area contributed by atoms with Gasteiger partial charge < -0.3 is 10.2 Å². The normalized spacial score (nSPS) is 22.7. The van der Waals surface area contributed by atoms with E-state index in [4.69, 9.17) is 0 Å². The lowest BCUT2D eigenvalue weighted by Gasteiger charge is -2.34. The Kier molecular flexibility index (Phi) is 4.65. The predicted molar refractivity (Wildman–Crippen MR) is 79.1 cm³/mol. The first-order valence-corrected chi connectivity index (χ1v) is 7.23. The molecule has 0 aliphatic carbocycles. The standard InChI is InChI=1S/C16H26N2/c1-4-14-8-5-6-10-16(14)17-13(2)15-9-7-11-18(3)12-15/h5-6,8,10,13,15,17H,4,7,9,11-12H2,1-3H3. The van der Waals surface area contributed by atoms with Crippen LogP contribution in [0.2, 0.25) is 0 Å². The van der Waals surface area contributed by atoms with E-state index < -0.39 is 0 Å². The molecular formula is C16H26N2. The van der Waals surface area contributed by atoms with Crippen molar-refractivity contribution in [2.45, 2.75) is 39.2 Å². The van der Waals surface area contributed by atoms with Crippen LogP contribution in [-0.4, -0.2) is 31.1 Å². The number of para-hydroxylation sites is 1. The van der Waals surface area contributed by atoms with Crippen LogP contribution >= 0.6 is 0 Å². The second-order valence-electron chi connectivity index (χ2n) is 5.61. The Balaban J connectivity index is 1.99. The molecule has 1 saturated heterocycles. The van der Waals surface area contributed by atoms with Crippen LogP contribution in [0.1, 0.15) is 32.3 Å². The zero-order valence-electron chi connectivity index (χ0n) is 11.9. The number of rotatable bonds is 4. The molecule has 1 aromatic rings. The maximum absolute atomic E-state index is 3.72. The van der Waals surface area contributed by atoms with E-state index >= 15 is 0 Å². The third kappa shape index (κ3) is 3.26. The van der Waals surface area contributed by atoms with E-state index in [2.05, 4.69) is 55.4 Å². The van der Waals surface area contributed by atoms with Gasteiger partial charge in [0.1, 0.15) is 0 Å². The predicted octanol–water partition coefficient (Wildman–Crippen LogP) is 3.39. The molecule has 0 amide bonds. The maximum atomic E-state index is 3.72. The minimum absolute atomic E-state index is 0.556. The topological polar surface area (TPSA) is 15.3 Å². The molecule has 1 aromatic carbocycles. The van der Waals surface area contributed by atoms with Crippen molar-refractivity contribution >= 4 is 5.69 Å². The average molecular weight is 246 g/mol. The average Bonchev–Trinajstić information content (AvgIpc) is 2.39. The molecule has 2 unspecified atom stereocenters. The Morgan fingerprint density at radius 1 is 1.39 bits per heavy atom. The van der Waals surface area contributed by atoms with Gasteiger partial charge in [0.2, 0.25) is 0 Å². The Bertz CT molecular complexity index is 375. The number of anilines is 1. The minimum atomic E-state index is 0.556. The van der Waals surface area contributed by atoms with Gasteiger partial charge in [-0.2, -0.15) is 0 Å². The van der Waals surface area contributed by atoms with E-state index in [0.29, 0.717) is 6.04 Å². The fraction of sp³-hybridized carbons (Fsp3) is 0.625. The zero-order valence-corrected chi connectivity index (χ0v) is 11.9. The molecule has 1 aliphatic heterocycles. The molecule has 2 rings (SSSR count). The molecule has 0 bridgehead atoms. The summed E-state index contributed by atoms with van der Waals surface area (Å²) >= 11 is 0. The van der Waals surface area contributed by atoms with Crippen LogP contribution in [0.3, 0.4) is 0 Å². The number of likely N-dealkylation sites (tertiary alicyclic amines) is 1. The van der Waals surface area contributed by atoms with Gasteiger partial charge in [-0.15, -0.1) is 0 Å². The summed E-state index contributed by atoms with van der Waals surface area (Å²) in [5, 5.41) is 3.72. The summed E-state index contributed by atoms with van der Waals surface area (Å²) in [6.07, 6.45) is 3.79. The van der Waals surface area contributed by atoms with Crippen molar-refractivity contribution in [2.24, 2.45) is 5.92 Å². The number of nitrogens with one attached hydrogen (secondary N) is 1. The fourth-order valence-corrected chi connectivity index (χ4v) is 2.95. The summed E-state index contributed by atoms with van der Waals surface area (Å²) in [4.78, 5) is 2.46. The number of hydrogen-bond donors (Lipinski definition) is 1. The van der Waals surface area contributed by atoms with E-state index in [9.17, 15) is 0 Å². The summed E-state index contributed by atoms with van der Waals surface area (Å²) in [6.45, 7) is 7.03. The number of aryl methyl sites for hydroxylation is 1. The van der Waals surface area contributed by atoms with Gasteiger partial charge in [0.05, 0.1) is 0 Å². The van der Waals surface area contributed by atoms with Crippen LogP contribution in [0.25, 0.3) is 0 Å². The summed E-state index contributed by atoms with van der Waals surface area (Å²) in [6, 6.07) is 9.24. The van der Waals surface area contributed by atoms with Crippen LogP contribution in [0.5, 0.6) is 0 Å². The molecule has 18 heavy (non-hydrogen) atoms. The van der Waals surface area contributed by atoms with Crippen LogP contribution in [0, 0.1) is 5.92 Å². The Morgan fingerprint density at radius 2 is 2.17 bits per heavy atom. The van der Waals surface area contributed by atoms with Crippen LogP contribution < -0.4 is 5.32 Å². The Labute approximate surface area is 111 Å². The second kappa shape index (κ2) is 6.24. The highest BCUT2D eigenvalue weighted by Crippen LogP contribution is 2.23. The van der Waals surface area contributed by atoms with E-state index in [1.165, 1.54) is 37.2 Å². The first kappa shape index (κ1) is 13.4. The van der Waals surface area contributed by atoms with E-state index in [1.807, 2.05) is 0 Å². The van der Waals surface area contributed by atoms with E-state index in [0.717, 1.165) is 12.3 Å². The lowest BCUT2D eigenvalue weighted by molar-refractivity contribution is 0.197. The largest absolute Gasteiger partial charge is 0.382 e. The molecule has 1 heterocycles. The Hall–Kier alpha value is -1.02. The molecule has 1 aliphatic rings. The number of piperidine rings is 1. The summed E-state index contributed by atoms with van der Waals surface area (Å²) in [5.41, 5.74) is 2.74. The third-order valence-electron chi connectivity index (χ3n) is 4.15. The van der Waals surface area contributed by atoms with Crippen molar-refractivity contribution in [3.63, 3.8) is 0 Å². The highest BCUT2D eigenvalue weighted by Gasteiger charge is 2.22. The molecule has 100 valence electrons. The lowest BCUT2D eigenvalue weighted by atomic mass is 9.91. The van der Waals surface area contributed by atoms with E-state index in [-0.39, 0.29) is 0 Å². The van der Waals surface area contributed by atoms with Gasteiger partial charge in [0, 0.05) is 18.3 Å². The van der Waals surface area contributed by atoms with Gasteiger partial charge in [0.15, 0.2) is 0 Å². The van der Waals surface area contributed by atoms with Gasteiger partial charge in [-0.05, 0) is 57.3 Å². The molecule has 2 atom stereocenters. The van der Waals surface area contributed by atoms with Crippen LogP contribution in [0.15, 0.2) is 24.3 Å². The maximum Gasteiger partial charge on any atom is 0.0374 e. The highest BCUT2D eigenvalue weighted by molar-refractivity contribution is 5.51. The molecule has 0 aromatic heterocycles. The van der Waals surface area contributed by atoms with Crippen molar-refractivity contribution in [1.82, 2.24) is 4.90 Å². The number of nitrogens with zero attached hydrogens (tertiary/aromatic N) is 1. The summed E-state index contributed by atoms with van der Waals surface area (Å²) in [5.74, 6) is 0.772. The first-order chi connectivity index (χ1) is 8.70. The van der Waals surface area contributed by atoms with Crippen LogP contribution in [-0.2, 0) is 6.42 Å². The summed E-state index contributed by atoms with van der Waals surface area (Å²) < 4.78 is 0. The zero-order chi connectivity index (χ0) is 13.0. The minimum Gasteiger partial charge on any atom is -0.382 e. The SMILES string of the molecule is CCc1ccccc1NC(C)C1CCCN(C)C1. The molecule has 1 N–H and O–H groups in total. The van der Waals surface area contributed by atoms with E-state index in [1.54, 1.807) is 0 Å². The summed E-state index contributed by atoms with van der Waals surface area (Å²) in [7, 11) is 2.23. The van der Waals surface area contributed by atoms with Gasteiger partial charge in [-0.3, -0.25) is 0 Å². The quantitative estimate of drug-likeness (QED) is 0.876. The Morgan fingerprint density at radius 3 is 2.89 bits per heavy atom. The molecule has 1 fully saturated rings.